The number of sulfonamides is 1. The van der Waals surface area contributed by atoms with Crippen LogP contribution >= 0.6 is 0 Å². The highest BCUT2D eigenvalue weighted by molar-refractivity contribution is 7.89. The summed E-state index contributed by atoms with van der Waals surface area (Å²) in [6, 6.07) is 9.72. The maximum Gasteiger partial charge on any atom is 0.416 e. The molecule has 1 saturated carbocycles. The van der Waals surface area contributed by atoms with Gasteiger partial charge in [-0.3, -0.25) is 0 Å². The third-order valence-corrected chi connectivity index (χ3v) is 9.28. The van der Waals surface area contributed by atoms with Gasteiger partial charge in [-0.1, -0.05) is 31.0 Å². The van der Waals surface area contributed by atoms with Crippen LogP contribution in [0.15, 0.2) is 62.8 Å². The van der Waals surface area contributed by atoms with E-state index in [1.165, 1.54) is 25.7 Å². The Morgan fingerprint density at radius 1 is 1.13 bits per heavy atom. The van der Waals surface area contributed by atoms with Gasteiger partial charge in [0.1, 0.15) is 11.3 Å². The Morgan fingerprint density at radius 3 is 2.64 bits per heavy atom. The van der Waals surface area contributed by atoms with Crippen LogP contribution in [0.3, 0.4) is 0 Å². The van der Waals surface area contributed by atoms with Crippen molar-refractivity contribution in [1.29, 1.82) is 0 Å². The number of nitrogens with one attached hydrogen (secondary N) is 2. The summed E-state index contributed by atoms with van der Waals surface area (Å²) in [4.78, 5) is -0.449. The van der Waals surface area contributed by atoms with Crippen LogP contribution in [-0.4, -0.2) is 38.9 Å². The molecule has 8 nitrogen and oxygen atoms in total. The molecule has 3 atom stereocenters. The first kappa shape index (κ1) is 27.7. The molecule has 5 rings (SSSR count). The standard InChI is InChI=1S/C27H32F3N5O3S/c1-18(33-39(36,37)22-8-4-5-20(14-22)27(28,29)30)15-26(17-32-35-34-26)24-11-12-38-25-13-19(9-10-23(24)25)16-31-21-6-2-3-7-21/h4-5,8-10,13-14,17-18,21,24,31,33H,2-3,6-7,11-12,15-16H2,1H3. The quantitative estimate of drug-likeness (QED) is 0.417. The summed E-state index contributed by atoms with van der Waals surface area (Å²) in [5.41, 5.74) is 0.131. The summed E-state index contributed by atoms with van der Waals surface area (Å²) in [5, 5.41) is 15.9. The number of alkyl halides is 3. The molecule has 0 amide bonds. The average Bonchev–Trinajstić information content (AvgIpc) is 3.59. The highest BCUT2D eigenvalue weighted by Gasteiger charge is 2.45. The smallest absolute Gasteiger partial charge is 0.416 e. The second kappa shape index (κ2) is 11.0. The molecule has 3 unspecified atom stereocenters. The molecule has 2 aliphatic heterocycles. The molecular formula is C27H32F3N5O3S. The molecule has 0 bridgehead atoms. The fourth-order valence-electron chi connectivity index (χ4n) is 5.82. The van der Waals surface area contributed by atoms with Gasteiger partial charge in [0.2, 0.25) is 10.0 Å². The third-order valence-electron chi connectivity index (χ3n) is 7.70. The van der Waals surface area contributed by atoms with Crippen LogP contribution in [0.4, 0.5) is 13.2 Å². The van der Waals surface area contributed by atoms with Crippen LogP contribution in [0.5, 0.6) is 5.75 Å². The topological polar surface area (TPSA) is 105 Å². The Hall–Kier alpha value is -2.83. The maximum atomic E-state index is 13.1. The molecule has 12 heteroatoms. The Labute approximate surface area is 226 Å². The molecule has 0 spiro atoms. The highest BCUT2D eigenvalue weighted by Crippen LogP contribution is 2.45. The molecule has 39 heavy (non-hydrogen) atoms. The van der Waals surface area contributed by atoms with Crippen molar-refractivity contribution in [2.45, 2.75) is 86.6 Å². The molecule has 2 aromatic rings. The SMILES string of the molecule is CC(CC1(C2CCOc3cc(CNC4CCCC4)ccc32)C=NN=N1)NS(=O)(=O)c1cccc(C(F)(F)F)c1. The minimum atomic E-state index is -4.65. The Morgan fingerprint density at radius 2 is 1.92 bits per heavy atom. The molecule has 2 N–H and O–H groups in total. The molecule has 0 saturated heterocycles. The van der Waals surface area contributed by atoms with E-state index in [1.807, 2.05) is 12.1 Å². The molecule has 3 aliphatic rings. The van der Waals surface area contributed by atoms with Gasteiger partial charge in [0.25, 0.3) is 0 Å². The van der Waals surface area contributed by atoms with Crippen molar-refractivity contribution >= 4 is 16.2 Å². The van der Waals surface area contributed by atoms with Crippen molar-refractivity contribution in [3.05, 3.63) is 59.2 Å². The van der Waals surface area contributed by atoms with Crippen LogP contribution in [0.2, 0.25) is 0 Å². The van der Waals surface area contributed by atoms with Crippen LogP contribution in [0, 0.1) is 0 Å². The maximum absolute atomic E-state index is 13.1. The number of hydrogen-bond acceptors (Lipinski definition) is 7. The normalized spacial score (nSPS) is 24.1. The number of nitrogens with zero attached hydrogens (tertiary/aromatic N) is 3. The molecule has 1 fully saturated rings. The van der Waals surface area contributed by atoms with Gasteiger partial charge in [0.15, 0.2) is 0 Å². The second-order valence-electron chi connectivity index (χ2n) is 10.6. The summed E-state index contributed by atoms with van der Waals surface area (Å²) in [6.07, 6.45) is 2.76. The molecule has 0 aromatic heterocycles. The molecule has 2 heterocycles. The molecule has 0 radical (unpaired) electrons. The van der Waals surface area contributed by atoms with E-state index in [1.54, 1.807) is 13.1 Å². The summed E-state index contributed by atoms with van der Waals surface area (Å²) < 4.78 is 73.9. The monoisotopic (exact) mass is 563 g/mol. The Kier molecular flexibility index (Phi) is 7.80. The fraction of sp³-hybridized carbons (Fsp3) is 0.519. The molecule has 1 aliphatic carbocycles. The van der Waals surface area contributed by atoms with E-state index in [2.05, 4.69) is 31.5 Å². The fourth-order valence-corrected chi connectivity index (χ4v) is 7.10. The molecule has 2 aromatic carbocycles. The summed E-state index contributed by atoms with van der Waals surface area (Å²) >= 11 is 0. The van der Waals surface area contributed by atoms with Crippen molar-refractivity contribution < 1.29 is 26.3 Å². The summed E-state index contributed by atoms with van der Waals surface area (Å²) in [6.45, 7) is 2.88. The van der Waals surface area contributed by atoms with Gasteiger partial charge >= 0.3 is 6.18 Å². The highest BCUT2D eigenvalue weighted by atomic mass is 32.2. The van der Waals surface area contributed by atoms with Gasteiger partial charge < -0.3 is 10.1 Å². The van der Waals surface area contributed by atoms with Gasteiger partial charge in [-0.05, 0) is 67.7 Å². The lowest BCUT2D eigenvalue weighted by Crippen LogP contribution is -2.44. The number of rotatable bonds is 9. The minimum absolute atomic E-state index is 0.159. The number of ether oxygens (including phenoxy) is 1. The van der Waals surface area contributed by atoms with Crippen LogP contribution in [-0.2, 0) is 22.7 Å². The second-order valence-corrected chi connectivity index (χ2v) is 12.3. The van der Waals surface area contributed by atoms with Gasteiger partial charge in [-0.15, -0.1) is 5.10 Å². The van der Waals surface area contributed by atoms with E-state index in [9.17, 15) is 21.6 Å². The largest absolute Gasteiger partial charge is 0.493 e. The van der Waals surface area contributed by atoms with E-state index in [0.717, 1.165) is 41.6 Å². The van der Waals surface area contributed by atoms with Gasteiger partial charge in [-0.2, -0.15) is 18.3 Å². The summed E-state index contributed by atoms with van der Waals surface area (Å²) in [5.74, 6) is 0.609. The van der Waals surface area contributed by atoms with Gasteiger partial charge in [-0.25, -0.2) is 13.1 Å². The summed E-state index contributed by atoms with van der Waals surface area (Å²) in [7, 11) is -4.22. The molecule has 210 valence electrons. The van der Waals surface area contributed by atoms with Crippen molar-refractivity contribution in [1.82, 2.24) is 10.0 Å². The lowest BCUT2D eigenvalue weighted by atomic mass is 9.74. The first-order valence-corrected chi connectivity index (χ1v) is 14.7. The zero-order valence-corrected chi connectivity index (χ0v) is 22.4. The molecular weight excluding hydrogens is 531 g/mol. The van der Waals surface area contributed by atoms with Crippen molar-refractivity contribution in [2.75, 3.05) is 6.61 Å². The minimum Gasteiger partial charge on any atom is -0.493 e. The van der Waals surface area contributed by atoms with Crippen LogP contribution < -0.4 is 14.8 Å². The van der Waals surface area contributed by atoms with E-state index in [4.69, 9.17) is 4.74 Å². The van der Waals surface area contributed by atoms with Crippen molar-refractivity contribution in [3.63, 3.8) is 0 Å². The number of fused-ring (bicyclic) bond motifs is 1. The van der Waals surface area contributed by atoms with E-state index < -0.39 is 38.2 Å². The van der Waals surface area contributed by atoms with E-state index in [-0.39, 0.29) is 12.3 Å². The van der Waals surface area contributed by atoms with Gasteiger partial charge in [0, 0.05) is 30.1 Å². The lowest BCUT2D eigenvalue weighted by Gasteiger charge is -2.37. The van der Waals surface area contributed by atoms with E-state index in [0.29, 0.717) is 25.1 Å². The van der Waals surface area contributed by atoms with Crippen LogP contribution in [0.1, 0.15) is 68.1 Å². The van der Waals surface area contributed by atoms with Crippen molar-refractivity contribution in [3.8, 4) is 5.75 Å². The zero-order valence-electron chi connectivity index (χ0n) is 21.6. The number of benzene rings is 2. The lowest BCUT2D eigenvalue weighted by molar-refractivity contribution is -0.137. The predicted octanol–water partition coefficient (Wildman–Crippen LogP) is 5.55. The number of hydrogen-bond donors (Lipinski definition) is 2. The Bertz CT molecular complexity index is 1340. The average molecular weight is 564 g/mol. The van der Waals surface area contributed by atoms with E-state index >= 15 is 0 Å². The van der Waals surface area contributed by atoms with Crippen LogP contribution in [0.25, 0.3) is 0 Å². The third kappa shape index (κ3) is 6.17. The van der Waals surface area contributed by atoms with Gasteiger partial charge in [0.05, 0.1) is 23.3 Å². The first-order valence-electron chi connectivity index (χ1n) is 13.2. The van der Waals surface area contributed by atoms with Crippen molar-refractivity contribution in [2.24, 2.45) is 15.4 Å². The predicted molar refractivity (Wildman–Crippen MR) is 140 cm³/mol. The Balaban J connectivity index is 1.32. The zero-order chi connectivity index (χ0) is 27.7. The first-order chi connectivity index (χ1) is 18.6. The number of halogens is 3.